The highest BCUT2D eigenvalue weighted by molar-refractivity contribution is 7.89. The first-order valence-corrected chi connectivity index (χ1v) is 10.2. The van der Waals surface area contributed by atoms with Crippen molar-refractivity contribution >= 4 is 15.9 Å². The Bertz CT molecular complexity index is 710. The smallest absolute Gasteiger partial charge is 0.257 e. The molecular weight excluding hydrogens is 340 g/mol. The summed E-state index contributed by atoms with van der Waals surface area (Å²) in [6.45, 7) is 7.12. The van der Waals surface area contributed by atoms with Crippen molar-refractivity contribution in [2.24, 2.45) is 5.92 Å². The van der Waals surface area contributed by atoms with E-state index < -0.39 is 10.0 Å². The van der Waals surface area contributed by atoms with Crippen molar-refractivity contribution in [2.75, 3.05) is 20.2 Å². The van der Waals surface area contributed by atoms with Crippen molar-refractivity contribution in [1.82, 2.24) is 9.62 Å². The van der Waals surface area contributed by atoms with E-state index in [1.807, 2.05) is 20.8 Å². The van der Waals surface area contributed by atoms with Crippen molar-refractivity contribution in [3.63, 3.8) is 0 Å². The van der Waals surface area contributed by atoms with Gasteiger partial charge in [0.1, 0.15) is 5.75 Å². The van der Waals surface area contributed by atoms with Crippen molar-refractivity contribution in [2.45, 2.75) is 51.0 Å². The van der Waals surface area contributed by atoms with Crippen molar-refractivity contribution in [1.29, 1.82) is 0 Å². The number of nitrogens with zero attached hydrogens (tertiary/aromatic N) is 1. The molecule has 1 atom stereocenters. The van der Waals surface area contributed by atoms with Gasteiger partial charge >= 0.3 is 0 Å². The maximum Gasteiger partial charge on any atom is 0.257 e. The molecule has 0 radical (unpaired) electrons. The van der Waals surface area contributed by atoms with E-state index >= 15 is 0 Å². The number of sulfonamides is 1. The molecular formula is C18H28N2O4S. The normalized spacial score (nSPS) is 16.8. The Morgan fingerprint density at radius 3 is 2.36 bits per heavy atom. The standard InChI is InChI=1S/C18H28N2O4S/c1-13(2)14(3)19-25(22,23)15-8-9-17(24-4)16(12-15)18(21)20-10-6-5-7-11-20/h8-9,12-14,19H,5-7,10-11H2,1-4H3/t14-/m0/s1. The number of benzene rings is 1. The molecule has 1 aliphatic rings. The maximum absolute atomic E-state index is 12.8. The zero-order chi connectivity index (χ0) is 18.6. The van der Waals surface area contributed by atoms with Gasteiger partial charge in [-0.15, -0.1) is 0 Å². The topological polar surface area (TPSA) is 75.7 Å². The van der Waals surface area contributed by atoms with Crippen LogP contribution in [0.15, 0.2) is 23.1 Å². The summed E-state index contributed by atoms with van der Waals surface area (Å²) in [7, 11) is -2.21. The van der Waals surface area contributed by atoms with Crippen LogP contribution in [0.5, 0.6) is 5.75 Å². The first-order chi connectivity index (χ1) is 11.8. The fraction of sp³-hybridized carbons (Fsp3) is 0.611. The molecule has 1 aromatic carbocycles. The second kappa shape index (κ2) is 8.19. The SMILES string of the molecule is COc1ccc(S(=O)(=O)N[C@@H](C)C(C)C)cc1C(=O)N1CCCCC1. The average Bonchev–Trinajstić information content (AvgIpc) is 2.60. The van der Waals surface area contributed by atoms with Crippen molar-refractivity contribution in [3.8, 4) is 5.75 Å². The van der Waals surface area contributed by atoms with Crippen LogP contribution in [0.4, 0.5) is 0 Å². The lowest BCUT2D eigenvalue weighted by atomic mass is 10.1. The van der Waals surface area contributed by atoms with Gasteiger partial charge in [-0.05, 0) is 50.3 Å². The fourth-order valence-corrected chi connectivity index (χ4v) is 4.16. The molecule has 0 bridgehead atoms. The highest BCUT2D eigenvalue weighted by Gasteiger charge is 2.25. The zero-order valence-corrected chi connectivity index (χ0v) is 16.2. The Morgan fingerprint density at radius 2 is 1.80 bits per heavy atom. The largest absolute Gasteiger partial charge is 0.496 e. The van der Waals surface area contributed by atoms with Gasteiger partial charge in [0, 0.05) is 19.1 Å². The Labute approximate surface area is 150 Å². The van der Waals surface area contributed by atoms with Crippen molar-refractivity contribution in [3.05, 3.63) is 23.8 Å². The second-order valence-corrected chi connectivity index (χ2v) is 8.58. The number of ether oxygens (including phenoxy) is 1. The lowest BCUT2D eigenvalue weighted by Crippen LogP contribution is -2.37. The maximum atomic E-state index is 12.8. The minimum atomic E-state index is -3.69. The van der Waals surface area contributed by atoms with E-state index in [0.29, 0.717) is 24.4 Å². The molecule has 0 aromatic heterocycles. The summed E-state index contributed by atoms with van der Waals surface area (Å²) in [5.41, 5.74) is 0.296. The Balaban J connectivity index is 2.34. The van der Waals surface area contributed by atoms with Crippen LogP contribution in [0, 0.1) is 5.92 Å². The van der Waals surface area contributed by atoms with E-state index in [1.165, 1.54) is 19.2 Å². The van der Waals surface area contributed by atoms with E-state index in [0.717, 1.165) is 19.3 Å². The van der Waals surface area contributed by atoms with Crippen LogP contribution in [0.1, 0.15) is 50.4 Å². The van der Waals surface area contributed by atoms with Crippen LogP contribution in [0.25, 0.3) is 0 Å². The molecule has 1 aliphatic heterocycles. The molecule has 0 spiro atoms. The summed E-state index contributed by atoms with van der Waals surface area (Å²) in [4.78, 5) is 14.7. The van der Waals surface area contributed by atoms with Gasteiger partial charge in [-0.1, -0.05) is 13.8 Å². The van der Waals surface area contributed by atoms with Gasteiger partial charge in [0.25, 0.3) is 5.91 Å². The fourth-order valence-electron chi connectivity index (χ4n) is 2.74. The lowest BCUT2D eigenvalue weighted by molar-refractivity contribution is 0.0720. The number of carbonyl (C=O) groups is 1. The molecule has 1 N–H and O–H groups in total. The minimum absolute atomic E-state index is 0.0844. The third-order valence-corrected chi connectivity index (χ3v) is 6.25. The summed E-state index contributed by atoms with van der Waals surface area (Å²) >= 11 is 0. The molecule has 6 nitrogen and oxygen atoms in total. The third-order valence-electron chi connectivity index (χ3n) is 4.70. The summed E-state index contributed by atoms with van der Waals surface area (Å²) in [6, 6.07) is 4.24. The number of hydrogen-bond acceptors (Lipinski definition) is 4. The van der Waals surface area contributed by atoms with Crippen LogP contribution in [-0.4, -0.2) is 45.5 Å². The van der Waals surface area contributed by atoms with Gasteiger partial charge in [0.05, 0.1) is 17.6 Å². The van der Waals surface area contributed by atoms with E-state index in [1.54, 1.807) is 11.0 Å². The predicted octanol–water partition coefficient (Wildman–Crippen LogP) is 2.64. The number of nitrogens with one attached hydrogen (secondary N) is 1. The summed E-state index contributed by atoms with van der Waals surface area (Å²) < 4.78 is 33.2. The van der Waals surface area contributed by atoms with Crippen LogP contribution >= 0.6 is 0 Å². The molecule has 0 aliphatic carbocycles. The molecule has 7 heteroatoms. The minimum Gasteiger partial charge on any atom is -0.496 e. The molecule has 1 amide bonds. The predicted molar refractivity (Wildman–Crippen MR) is 97.4 cm³/mol. The van der Waals surface area contributed by atoms with Gasteiger partial charge in [0.15, 0.2) is 0 Å². The van der Waals surface area contributed by atoms with Gasteiger partial charge in [-0.25, -0.2) is 13.1 Å². The first-order valence-electron chi connectivity index (χ1n) is 8.76. The van der Waals surface area contributed by atoms with Crippen LogP contribution in [0.2, 0.25) is 0 Å². The number of amides is 1. The van der Waals surface area contributed by atoms with E-state index in [2.05, 4.69) is 4.72 Å². The number of rotatable bonds is 6. The first kappa shape index (κ1) is 19.7. The number of piperidine rings is 1. The molecule has 1 saturated heterocycles. The summed E-state index contributed by atoms with van der Waals surface area (Å²) in [5.74, 6) is 0.388. The molecule has 0 saturated carbocycles. The molecule has 1 heterocycles. The van der Waals surface area contributed by atoms with E-state index in [4.69, 9.17) is 4.74 Å². The molecule has 1 fully saturated rings. The lowest BCUT2D eigenvalue weighted by Gasteiger charge is -2.27. The monoisotopic (exact) mass is 368 g/mol. The van der Waals surface area contributed by atoms with Gasteiger partial charge in [-0.2, -0.15) is 0 Å². The van der Waals surface area contributed by atoms with E-state index in [-0.39, 0.29) is 22.8 Å². The Kier molecular flexibility index (Phi) is 6.46. The van der Waals surface area contributed by atoms with Gasteiger partial charge in [-0.3, -0.25) is 4.79 Å². The van der Waals surface area contributed by atoms with Crippen LogP contribution in [0.3, 0.4) is 0 Å². The number of carbonyl (C=O) groups excluding carboxylic acids is 1. The zero-order valence-electron chi connectivity index (χ0n) is 15.4. The molecule has 2 rings (SSSR count). The Hall–Kier alpha value is -1.60. The average molecular weight is 368 g/mol. The molecule has 140 valence electrons. The molecule has 25 heavy (non-hydrogen) atoms. The number of hydrogen-bond donors (Lipinski definition) is 1. The highest BCUT2D eigenvalue weighted by atomic mass is 32.2. The second-order valence-electron chi connectivity index (χ2n) is 6.87. The highest BCUT2D eigenvalue weighted by Crippen LogP contribution is 2.25. The Morgan fingerprint density at radius 1 is 1.16 bits per heavy atom. The van der Waals surface area contributed by atoms with E-state index in [9.17, 15) is 13.2 Å². The van der Waals surface area contributed by atoms with Gasteiger partial charge < -0.3 is 9.64 Å². The summed E-state index contributed by atoms with van der Waals surface area (Å²) in [6.07, 6.45) is 3.06. The number of methoxy groups -OCH3 is 1. The van der Waals surface area contributed by atoms with Crippen molar-refractivity contribution < 1.29 is 17.9 Å². The van der Waals surface area contributed by atoms with Crippen LogP contribution in [-0.2, 0) is 10.0 Å². The quantitative estimate of drug-likeness (QED) is 0.837. The number of likely N-dealkylation sites (tertiary alicyclic amines) is 1. The van der Waals surface area contributed by atoms with Crippen LogP contribution < -0.4 is 9.46 Å². The third kappa shape index (κ3) is 4.73. The van der Waals surface area contributed by atoms with Gasteiger partial charge in [0.2, 0.25) is 10.0 Å². The molecule has 0 unspecified atom stereocenters. The summed E-state index contributed by atoms with van der Waals surface area (Å²) in [5, 5.41) is 0. The molecule has 1 aromatic rings.